The SMILES string of the molecule is CC[C@@H](C)NC(=O)[C@H](C)N(Cc1ccc(Br)cc1)C(=O)CN(c1cccc(C(F)(F)F)c1)S(C)(=O)=O. The molecular weight excluding hydrogens is 563 g/mol. The number of hydrogen-bond acceptors (Lipinski definition) is 4. The number of nitrogens with one attached hydrogen (secondary N) is 1. The molecule has 2 aromatic carbocycles. The molecule has 0 heterocycles. The maximum atomic E-state index is 13.4. The van der Waals surface area contributed by atoms with Gasteiger partial charge in [0.2, 0.25) is 21.8 Å². The van der Waals surface area contributed by atoms with Crippen LogP contribution < -0.4 is 9.62 Å². The molecule has 2 atom stereocenters. The van der Waals surface area contributed by atoms with Crippen molar-refractivity contribution in [2.24, 2.45) is 0 Å². The maximum Gasteiger partial charge on any atom is 0.416 e. The average Bonchev–Trinajstić information content (AvgIpc) is 2.80. The van der Waals surface area contributed by atoms with Gasteiger partial charge in [-0.1, -0.05) is 41.1 Å². The molecule has 0 bridgehead atoms. The van der Waals surface area contributed by atoms with Crippen LogP contribution in [-0.2, 0) is 32.3 Å². The quantitative estimate of drug-likeness (QED) is 0.438. The Morgan fingerprint density at radius 1 is 1.08 bits per heavy atom. The molecule has 0 spiro atoms. The van der Waals surface area contributed by atoms with Crippen molar-refractivity contribution in [1.82, 2.24) is 10.2 Å². The summed E-state index contributed by atoms with van der Waals surface area (Å²) in [6.45, 7) is 4.42. The van der Waals surface area contributed by atoms with Crippen LogP contribution in [0.15, 0.2) is 53.0 Å². The van der Waals surface area contributed by atoms with E-state index in [2.05, 4.69) is 21.2 Å². The van der Waals surface area contributed by atoms with Crippen molar-refractivity contribution in [3.05, 3.63) is 64.1 Å². The Morgan fingerprint density at radius 3 is 2.22 bits per heavy atom. The predicted molar refractivity (Wildman–Crippen MR) is 136 cm³/mol. The van der Waals surface area contributed by atoms with Crippen molar-refractivity contribution in [2.75, 3.05) is 17.1 Å². The van der Waals surface area contributed by atoms with Gasteiger partial charge < -0.3 is 10.2 Å². The zero-order valence-electron chi connectivity index (χ0n) is 20.3. The number of sulfonamides is 1. The smallest absolute Gasteiger partial charge is 0.352 e. The molecule has 2 rings (SSSR count). The van der Waals surface area contributed by atoms with Crippen molar-refractivity contribution in [2.45, 2.75) is 52.0 Å². The van der Waals surface area contributed by atoms with E-state index in [0.717, 1.165) is 22.9 Å². The highest BCUT2D eigenvalue weighted by Crippen LogP contribution is 2.32. The van der Waals surface area contributed by atoms with Crippen molar-refractivity contribution in [3.63, 3.8) is 0 Å². The van der Waals surface area contributed by atoms with Gasteiger partial charge in [-0.2, -0.15) is 13.2 Å². The van der Waals surface area contributed by atoms with Gasteiger partial charge in [-0.3, -0.25) is 13.9 Å². The van der Waals surface area contributed by atoms with E-state index in [1.165, 1.54) is 17.9 Å². The Morgan fingerprint density at radius 2 is 1.69 bits per heavy atom. The highest BCUT2D eigenvalue weighted by molar-refractivity contribution is 9.10. The zero-order chi connectivity index (χ0) is 27.3. The fourth-order valence-corrected chi connectivity index (χ4v) is 4.39. The third-order valence-electron chi connectivity index (χ3n) is 5.58. The summed E-state index contributed by atoms with van der Waals surface area (Å²) in [5.74, 6) is -1.17. The molecule has 12 heteroatoms. The van der Waals surface area contributed by atoms with Crippen LogP contribution in [0.3, 0.4) is 0 Å². The van der Waals surface area contributed by atoms with E-state index >= 15 is 0 Å². The van der Waals surface area contributed by atoms with E-state index < -0.39 is 46.2 Å². The summed E-state index contributed by atoms with van der Waals surface area (Å²) in [6.07, 6.45) is -3.23. The highest BCUT2D eigenvalue weighted by Gasteiger charge is 2.33. The molecule has 7 nitrogen and oxygen atoms in total. The summed E-state index contributed by atoms with van der Waals surface area (Å²) < 4.78 is 66.1. The van der Waals surface area contributed by atoms with Gasteiger partial charge >= 0.3 is 6.18 Å². The Balaban J connectivity index is 2.43. The molecule has 0 radical (unpaired) electrons. The monoisotopic (exact) mass is 591 g/mol. The molecule has 1 N–H and O–H groups in total. The number of halogens is 4. The largest absolute Gasteiger partial charge is 0.416 e. The molecule has 0 aliphatic heterocycles. The third kappa shape index (κ3) is 8.22. The highest BCUT2D eigenvalue weighted by atomic mass is 79.9. The molecule has 198 valence electrons. The first-order chi connectivity index (χ1) is 16.6. The van der Waals surface area contributed by atoms with Crippen molar-refractivity contribution >= 4 is 43.5 Å². The number of carbonyl (C=O) groups excluding carboxylic acids is 2. The Bertz CT molecular complexity index is 1170. The first-order valence-electron chi connectivity index (χ1n) is 11.1. The van der Waals surface area contributed by atoms with Gasteiger partial charge in [-0.05, 0) is 56.2 Å². The minimum atomic E-state index is -4.70. The van der Waals surface area contributed by atoms with Crippen LogP contribution in [0.1, 0.15) is 38.3 Å². The van der Waals surface area contributed by atoms with E-state index in [4.69, 9.17) is 0 Å². The zero-order valence-corrected chi connectivity index (χ0v) is 22.7. The fraction of sp³-hybridized carbons (Fsp3) is 0.417. The molecule has 0 unspecified atom stereocenters. The lowest BCUT2D eigenvalue weighted by Crippen LogP contribution is -2.52. The average molecular weight is 592 g/mol. The Kier molecular flexibility index (Phi) is 9.95. The van der Waals surface area contributed by atoms with Crippen LogP contribution in [0, 0.1) is 0 Å². The lowest BCUT2D eigenvalue weighted by molar-refractivity contribution is -0.139. The fourth-order valence-electron chi connectivity index (χ4n) is 3.29. The second-order valence-electron chi connectivity index (χ2n) is 8.46. The van der Waals surface area contributed by atoms with Gasteiger partial charge in [0, 0.05) is 17.1 Å². The first kappa shape index (κ1) is 29.6. The van der Waals surface area contributed by atoms with Crippen molar-refractivity contribution in [1.29, 1.82) is 0 Å². The van der Waals surface area contributed by atoms with Gasteiger partial charge in [0.05, 0.1) is 17.5 Å². The van der Waals surface area contributed by atoms with Crippen LogP contribution in [-0.4, -0.2) is 50.0 Å². The molecule has 0 aliphatic rings. The molecule has 2 amide bonds. The molecule has 0 saturated carbocycles. The van der Waals surface area contributed by atoms with E-state index in [0.29, 0.717) is 22.4 Å². The summed E-state index contributed by atoms with van der Waals surface area (Å²) in [4.78, 5) is 27.5. The van der Waals surface area contributed by atoms with E-state index in [-0.39, 0.29) is 18.3 Å². The van der Waals surface area contributed by atoms with Crippen LogP contribution in [0.25, 0.3) is 0 Å². The summed E-state index contributed by atoms with van der Waals surface area (Å²) in [5.41, 5.74) is -0.671. The Hall–Kier alpha value is -2.60. The minimum absolute atomic E-state index is 0.0125. The molecular formula is C24H29BrF3N3O4S. The number of alkyl halides is 3. The van der Waals surface area contributed by atoms with Crippen LogP contribution >= 0.6 is 15.9 Å². The number of amides is 2. The third-order valence-corrected chi connectivity index (χ3v) is 7.24. The first-order valence-corrected chi connectivity index (χ1v) is 13.8. The minimum Gasteiger partial charge on any atom is -0.352 e. The molecule has 0 aromatic heterocycles. The summed E-state index contributed by atoms with van der Waals surface area (Å²) in [6, 6.07) is 9.61. The molecule has 0 fully saturated rings. The Labute approximate surface area is 217 Å². The lowest BCUT2D eigenvalue weighted by atomic mass is 10.1. The van der Waals surface area contributed by atoms with Gasteiger partial charge in [-0.15, -0.1) is 0 Å². The number of rotatable bonds is 10. The topological polar surface area (TPSA) is 86.8 Å². The second-order valence-corrected chi connectivity index (χ2v) is 11.3. The molecule has 0 saturated heterocycles. The van der Waals surface area contributed by atoms with E-state index in [9.17, 15) is 31.2 Å². The van der Waals surface area contributed by atoms with E-state index in [1.54, 1.807) is 24.3 Å². The van der Waals surface area contributed by atoms with Crippen LogP contribution in [0.5, 0.6) is 0 Å². The molecule has 2 aromatic rings. The maximum absolute atomic E-state index is 13.4. The van der Waals surface area contributed by atoms with Crippen molar-refractivity contribution < 1.29 is 31.2 Å². The van der Waals surface area contributed by atoms with Gasteiger partial charge in [0.1, 0.15) is 12.6 Å². The van der Waals surface area contributed by atoms with Crippen LogP contribution in [0.4, 0.5) is 18.9 Å². The predicted octanol–water partition coefficient (Wildman–Crippen LogP) is 4.57. The standard InChI is InChI=1S/C24H29BrF3N3O4S/c1-5-16(2)29-23(33)17(3)30(14-18-9-11-20(25)12-10-18)22(32)15-31(36(4,34)35)21-8-6-7-19(13-21)24(26,27)28/h6-13,16-17H,5,14-15H2,1-4H3,(H,29,33)/t16-,17+/m1/s1. The summed E-state index contributed by atoms with van der Waals surface area (Å²) in [7, 11) is -4.14. The molecule has 36 heavy (non-hydrogen) atoms. The number of hydrogen-bond donors (Lipinski definition) is 1. The second kappa shape index (κ2) is 12.1. The van der Waals surface area contributed by atoms with E-state index in [1.807, 2.05) is 13.8 Å². The van der Waals surface area contributed by atoms with Crippen LogP contribution in [0.2, 0.25) is 0 Å². The number of anilines is 1. The lowest BCUT2D eigenvalue weighted by Gasteiger charge is -2.32. The summed E-state index contributed by atoms with van der Waals surface area (Å²) in [5, 5.41) is 2.80. The normalized spacial score (nSPS) is 13.6. The number of nitrogens with zero attached hydrogens (tertiary/aromatic N) is 2. The van der Waals surface area contributed by atoms with Gasteiger partial charge in [0.15, 0.2) is 0 Å². The number of carbonyl (C=O) groups is 2. The van der Waals surface area contributed by atoms with Crippen molar-refractivity contribution in [3.8, 4) is 0 Å². The summed E-state index contributed by atoms with van der Waals surface area (Å²) >= 11 is 3.33. The van der Waals surface area contributed by atoms with Gasteiger partial charge in [0.25, 0.3) is 0 Å². The van der Waals surface area contributed by atoms with Gasteiger partial charge in [-0.25, -0.2) is 8.42 Å². The number of benzene rings is 2. The molecule has 0 aliphatic carbocycles.